The molecule has 5 nitrogen and oxygen atoms in total. The zero-order valence-electron chi connectivity index (χ0n) is 12.7. The van der Waals surface area contributed by atoms with E-state index in [-0.39, 0.29) is 23.8 Å². The van der Waals surface area contributed by atoms with Gasteiger partial charge in [0.25, 0.3) is 0 Å². The number of hydrogen-bond acceptors (Lipinski definition) is 3. The number of carboxylic acids is 1. The molecular formula is C15H26N2O3. The van der Waals surface area contributed by atoms with Crippen LogP contribution in [0.15, 0.2) is 0 Å². The molecule has 2 fully saturated rings. The SMILES string of the molecule is CC(C)(C)NC(=O)CN1[C@@H]2CC[C@H]1CC(CC(=O)O)C2. The van der Waals surface area contributed by atoms with Gasteiger partial charge < -0.3 is 10.4 Å². The molecule has 1 amide bonds. The Morgan fingerprint density at radius 2 is 1.75 bits per heavy atom. The van der Waals surface area contributed by atoms with E-state index in [1.54, 1.807) is 0 Å². The number of fused-ring (bicyclic) bond motifs is 2. The molecule has 20 heavy (non-hydrogen) atoms. The Morgan fingerprint density at radius 1 is 1.20 bits per heavy atom. The topological polar surface area (TPSA) is 69.6 Å². The van der Waals surface area contributed by atoms with Crippen LogP contribution >= 0.6 is 0 Å². The van der Waals surface area contributed by atoms with Gasteiger partial charge in [-0.25, -0.2) is 0 Å². The highest BCUT2D eigenvalue weighted by molar-refractivity contribution is 5.78. The van der Waals surface area contributed by atoms with Gasteiger partial charge in [-0.3, -0.25) is 14.5 Å². The largest absolute Gasteiger partial charge is 0.481 e. The summed E-state index contributed by atoms with van der Waals surface area (Å²) in [5, 5.41) is 11.9. The first-order valence-electron chi connectivity index (χ1n) is 7.53. The number of nitrogens with zero attached hydrogens (tertiary/aromatic N) is 1. The molecule has 2 rings (SSSR count). The quantitative estimate of drug-likeness (QED) is 0.822. The third-order valence-corrected chi connectivity index (χ3v) is 4.29. The number of rotatable bonds is 4. The lowest BCUT2D eigenvalue weighted by atomic mass is 9.88. The minimum absolute atomic E-state index is 0.0751. The summed E-state index contributed by atoms with van der Waals surface area (Å²) in [7, 11) is 0. The summed E-state index contributed by atoms with van der Waals surface area (Å²) in [6.07, 6.45) is 4.32. The highest BCUT2D eigenvalue weighted by Crippen LogP contribution is 2.39. The maximum atomic E-state index is 12.1. The molecule has 2 aliphatic heterocycles. The van der Waals surface area contributed by atoms with Gasteiger partial charge in [-0.15, -0.1) is 0 Å². The molecule has 0 saturated carbocycles. The third kappa shape index (κ3) is 3.95. The fourth-order valence-corrected chi connectivity index (χ4v) is 3.68. The lowest BCUT2D eigenvalue weighted by Crippen LogP contribution is -2.51. The maximum absolute atomic E-state index is 12.1. The van der Waals surface area contributed by atoms with Crippen LogP contribution in [-0.4, -0.2) is 46.1 Å². The standard InChI is InChI=1S/C15H26N2O3/c1-15(2,3)16-13(18)9-17-11-4-5-12(17)7-10(6-11)8-14(19)20/h10-12H,4-9H2,1-3H3,(H,16,18)(H,19,20)/t10?,11-,12+. The molecule has 0 radical (unpaired) electrons. The van der Waals surface area contributed by atoms with Gasteiger partial charge in [0.1, 0.15) is 0 Å². The average molecular weight is 282 g/mol. The molecule has 2 saturated heterocycles. The fourth-order valence-electron chi connectivity index (χ4n) is 3.68. The molecule has 0 spiro atoms. The van der Waals surface area contributed by atoms with Crippen LogP contribution in [-0.2, 0) is 9.59 Å². The second-order valence-electron chi connectivity index (χ2n) is 7.29. The van der Waals surface area contributed by atoms with Crippen LogP contribution in [0.2, 0.25) is 0 Å². The summed E-state index contributed by atoms with van der Waals surface area (Å²) in [5.74, 6) is -0.341. The highest BCUT2D eigenvalue weighted by atomic mass is 16.4. The number of carbonyl (C=O) groups excluding carboxylic acids is 1. The van der Waals surface area contributed by atoms with Crippen molar-refractivity contribution < 1.29 is 14.7 Å². The summed E-state index contributed by atoms with van der Waals surface area (Å²) < 4.78 is 0. The predicted molar refractivity (Wildman–Crippen MR) is 76.4 cm³/mol. The number of carbonyl (C=O) groups is 2. The summed E-state index contributed by atoms with van der Waals surface area (Å²) in [6.45, 7) is 6.40. The van der Waals surface area contributed by atoms with Crippen LogP contribution in [0, 0.1) is 5.92 Å². The van der Waals surface area contributed by atoms with E-state index in [9.17, 15) is 9.59 Å². The number of aliphatic carboxylic acids is 1. The molecule has 0 aliphatic carbocycles. The van der Waals surface area contributed by atoms with Gasteiger partial charge in [-0.1, -0.05) is 0 Å². The van der Waals surface area contributed by atoms with Crippen molar-refractivity contribution in [3.8, 4) is 0 Å². The van der Waals surface area contributed by atoms with Crippen LogP contribution in [0.1, 0.15) is 52.9 Å². The van der Waals surface area contributed by atoms with Crippen molar-refractivity contribution in [1.29, 1.82) is 0 Å². The molecule has 114 valence electrons. The number of hydrogen-bond donors (Lipinski definition) is 2. The van der Waals surface area contributed by atoms with E-state index in [1.165, 1.54) is 0 Å². The normalized spacial score (nSPS) is 30.2. The molecule has 3 atom stereocenters. The lowest BCUT2D eigenvalue weighted by molar-refractivity contribution is -0.139. The van der Waals surface area contributed by atoms with E-state index in [0.717, 1.165) is 25.7 Å². The first kappa shape index (κ1) is 15.3. The van der Waals surface area contributed by atoms with Crippen LogP contribution in [0.25, 0.3) is 0 Å². The summed E-state index contributed by atoms with van der Waals surface area (Å²) in [4.78, 5) is 25.2. The zero-order chi connectivity index (χ0) is 14.9. The second kappa shape index (κ2) is 5.72. The molecular weight excluding hydrogens is 256 g/mol. The Balaban J connectivity index is 1.89. The van der Waals surface area contributed by atoms with Crippen molar-refractivity contribution in [2.45, 2.75) is 70.5 Å². The monoisotopic (exact) mass is 282 g/mol. The van der Waals surface area contributed by atoms with Gasteiger partial charge in [0.05, 0.1) is 6.54 Å². The van der Waals surface area contributed by atoms with Gasteiger partial charge in [-0.05, 0) is 52.4 Å². The Labute approximate surface area is 120 Å². The van der Waals surface area contributed by atoms with Crippen LogP contribution < -0.4 is 5.32 Å². The molecule has 2 bridgehead atoms. The summed E-state index contributed by atoms with van der Waals surface area (Å²) >= 11 is 0. The molecule has 0 aromatic rings. The number of piperidine rings is 1. The van der Waals surface area contributed by atoms with Crippen LogP contribution in [0.3, 0.4) is 0 Å². The van der Waals surface area contributed by atoms with E-state index in [2.05, 4.69) is 10.2 Å². The maximum Gasteiger partial charge on any atom is 0.303 e. The molecule has 1 unspecified atom stereocenters. The minimum Gasteiger partial charge on any atom is -0.481 e. The van der Waals surface area contributed by atoms with Gasteiger partial charge in [0.2, 0.25) is 5.91 Å². The van der Waals surface area contributed by atoms with E-state index >= 15 is 0 Å². The van der Waals surface area contributed by atoms with E-state index in [0.29, 0.717) is 18.6 Å². The first-order valence-corrected chi connectivity index (χ1v) is 7.53. The molecule has 5 heteroatoms. The van der Waals surface area contributed by atoms with Crippen molar-refractivity contribution in [2.75, 3.05) is 6.54 Å². The highest BCUT2D eigenvalue weighted by Gasteiger charge is 2.41. The summed E-state index contributed by atoms with van der Waals surface area (Å²) in [5.41, 5.74) is -0.197. The van der Waals surface area contributed by atoms with Gasteiger partial charge >= 0.3 is 5.97 Å². The molecule has 2 heterocycles. The predicted octanol–water partition coefficient (Wildman–Crippen LogP) is 1.62. The number of amides is 1. The van der Waals surface area contributed by atoms with E-state index < -0.39 is 5.97 Å². The Hall–Kier alpha value is -1.10. The lowest BCUT2D eigenvalue weighted by Gasteiger charge is -2.38. The van der Waals surface area contributed by atoms with E-state index in [4.69, 9.17) is 5.11 Å². The minimum atomic E-state index is -0.701. The molecule has 2 aliphatic rings. The number of nitrogens with one attached hydrogen (secondary N) is 1. The van der Waals surface area contributed by atoms with Crippen molar-refractivity contribution in [3.05, 3.63) is 0 Å². The van der Waals surface area contributed by atoms with Gasteiger partial charge in [0.15, 0.2) is 0 Å². The van der Waals surface area contributed by atoms with Crippen molar-refractivity contribution in [3.63, 3.8) is 0 Å². The first-order chi connectivity index (χ1) is 9.24. The van der Waals surface area contributed by atoms with Crippen molar-refractivity contribution in [2.24, 2.45) is 5.92 Å². The number of carboxylic acid groups (broad SMARTS) is 1. The van der Waals surface area contributed by atoms with Crippen molar-refractivity contribution >= 4 is 11.9 Å². The van der Waals surface area contributed by atoms with E-state index in [1.807, 2.05) is 20.8 Å². The Kier molecular flexibility index (Phi) is 4.37. The zero-order valence-corrected chi connectivity index (χ0v) is 12.7. The average Bonchev–Trinajstić information content (AvgIpc) is 2.51. The van der Waals surface area contributed by atoms with Gasteiger partial charge in [-0.2, -0.15) is 0 Å². The second-order valence-corrected chi connectivity index (χ2v) is 7.29. The Bertz CT molecular complexity index is 375. The van der Waals surface area contributed by atoms with Gasteiger partial charge in [0, 0.05) is 24.0 Å². The fraction of sp³-hybridized carbons (Fsp3) is 0.867. The molecule has 0 aromatic heterocycles. The van der Waals surface area contributed by atoms with Crippen molar-refractivity contribution in [1.82, 2.24) is 10.2 Å². The van der Waals surface area contributed by atoms with Crippen LogP contribution in [0.5, 0.6) is 0 Å². The summed E-state index contributed by atoms with van der Waals surface area (Å²) in [6, 6.07) is 0.785. The third-order valence-electron chi connectivity index (χ3n) is 4.29. The molecule has 2 N–H and O–H groups in total. The Morgan fingerprint density at radius 3 is 2.20 bits per heavy atom. The molecule has 0 aromatic carbocycles. The smallest absolute Gasteiger partial charge is 0.303 e. The van der Waals surface area contributed by atoms with Crippen LogP contribution in [0.4, 0.5) is 0 Å².